The standard InChI is InChI=1S/C23H29NO5/c25-23(26)9-7-5-3-1-2-4-6-8-18-29-22-16-12-20(13-17-22)19-10-14-21(15-11-19)24(27)28/h10-17H,1-9,18H2,(H,25,26). The fourth-order valence-electron chi connectivity index (χ4n) is 3.15. The summed E-state index contributed by atoms with van der Waals surface area (Å²) in [7, 11) is 0. The fraction of sp³-hybridized carbons (Fsp3) is 0.435. The number of hydrogen-bond donors (Lipinski definition) is 1. The molecule has 156 valence electrons. The lowest BCUT2D eigenvalue weighted by Crippen LogP contribution is -1.97. The number of aliphatic carboxylic acids is 1. The van der Waals surface area contributed by atoms with E-state index < -0.39 is 10.9 Å². The number of carboxylic acids is 1. The van der Waals surface area contributed by atoms with Crippen molar-refractivity contribution in [3.8, 4) is 16.9 Å². The van der Waals surface area contributed by atoms with Crippen molar-refractivity contribution in [2.45, 2.75) is 57.8 Å². The Bertz CT molecular complexity index is 756. The van der Waals surface area contributed by atoms with Crippen molar-refractivity contribution in [1.82, 2.24) is 0 Å². The minimum atomic E-state index is -0.703. The molecular formula is C23H29NO5. The number of carboxylic acid groups (broad SMARTS) is 1. The van der Waals surface area contributed by atoms with Gasteiger partial charge >= 0.3 is 5.97 Å². The molecule has 6 nitrogen and oxygen atoms in total. The van der Waals surface area contributed by atoms with Gasteiger partial charge in [0.25, 0.3) is 5.69 Å². The van der Waals surface area contributed by atoms with Crippen LogP contribution in [0.4, 0.5) is 5.69 Å². The maximum absolute atomic E-state index is 10.7. The molecule has 0 atom stereocenters. The van der Waals surface area contributed by atoms with Gasteiger partial charge in [-0.3, -0.25) is 14.9 Å². The predicted octanol–water partition coefficient (Wildman–Crippen LogP) is 6.24. The molecule has 0 saturated heterocycles. The highest BCUT2D eigenvalue weighted by Crippen LogP contribution is 2.24. The van der Waals surface area contributed by atoms with Gasteiger partial charge in [-0.25, -0.2) is 0 Å². The van der Waals surface area contributed by atoms with Crippen molar-refractivity contribution in [3.63, 3.8) is 0 Å². The van der Waals surface area contributed by atoms with E-state index in [9.17, 15) is 14.9 Å². The number of benzene rings is 2. The number of carbonyl (C=O) groups is 1. The Morgan fingerprint density at radius 3 is 1.79 bits per heavy atom. The second kappa shape index (κ2) is 12.5. The summed E-state index contributed by atoms with van der Waals surface area (Å²) in [4.78, 5) is 20.7. The number of nitro benzene ring substituents is 1. The van der Waals surface area contributed by atoms with Gasteiger partial charge in [-0.1, -0.05) is 50.7 Å². The number of rotatable bonds is 14. The fourth-order valence-corrected chi connectivity index (χ4v) is 3.15. The van der Waals surface area contributed by atoms with Gasteiger partial charge in [-0.15, -0.1) is 0 Å². The van der Waals surface area contributed by atoms with E-state index in [4.69, 9.17) is 9.84 Å². The van der Waals surface area contributed by atoms with Crippen LogP contribution in [0.5, 0.6) is 5.75 Å². The van der Waals surface area contributed by atoms with Gasteiger partial charge in [0.2, 0.25) is 0 Å². The molecule has 0 amide bonds. The smallest absolute Gasteiger partial charge is 0.303 e. The number of unbranched alkanes of at least 4 members (excludes halogenated alkanes) is 7. The van der Waals surface area contributed by atoms with Crippen LogP contribution in [0.1, 0.15) is 57.8 Å². The highest BCUT2D eigenvalue weighted by Gasteiger charge is 2.05. The summed E-state index contributed by atoms with van der Waals surface area (Å²) in [5.41, 5.74) is 2.02. The van der Waals surface area contributed by atoms with E-state index in [2.05, 4.69) is 0 Å². The minimum Gasteiger partial charge on any atom is -0.494 e. The number of ether oxygens (including phenoxy) is 1. The molecule has 0 unspecified atom stereocenters. The summed E-state index contributed by atoms with van der Waals surface area (Å²) in [6, 6.07) is 14.3. The average Bonchev–Trinajstić information content (AvgIpc) is 2.72. The van der Waals surface area contributed by atoms with Crippen LogP contribution in [0.25, 0.3) is 11.1 Å². The van der Waals surface area contributed by atoms with E-state index in [1.807, 2.05) is 24.3 Å². The maximum Gasteiger partial charge on any atom is 0.303 e. The zero-order chi connectivity index (χ0) is 20.9. The Morgan fingerprint density at radius 2 is 1.28 bits per heavy atom. The van der Waals surface area contributed by atoms with Crippen LogP contribution in [0.3, 0.4) is 0 Å². The lowest BCUT2D eigenvalue weighted by Gasteiger charge is -2.08. The largest absolute Gasteiger partial charge is 0.494 e. The van der Waals surface area contributed by atoms with E-state index in [0.717, 1.165) is 49.0 Å². The predicted molar refractivity (Wildman–Crippen MR) is 113 cm³/mol. The van der Waals surface area contributed by atoms with E-state index >= 15 is 0 Å². The quantitative estimate of drug-likeness (QED) is 0.231. The van der Waals surface area contributed by atoms with Crippen molar-refractivity contribution in [2.24, 2.45) is 0 Å². The number of nitrogens with zero attached hydrogens (tertiary/aromatic N) is 1. The summed E-state index contributed by atoms with van der Waals surface area (Å²) in [5, 5.41) is 19.3. The normalized spacial score (nSPS) is 10.6. The zero-order valence-corrected chi connectivity index (χ0v) is 16.7. The molecule has 0 saturated carbocycles. The Labute approximate surface area is 171 Å². The van der Waals surface area contributed by atoms with Crippen LogP contribution >= 0.6 is 0 Å². The molecule has 0 radical (unpaired) electrons. The topological polar surface area (TPSA) is 89.7 Å². The van der Waals surface area contributed by atoms with Gasteiger partial charge in [0.05, 0.1) is 11.5 Å². The molecule has 1 N–H and O–H groups in total. The van der Waals surface area contributed by atoms with E-state index in [0.29, 0.717) is 6.61 Å². The Morgan fingerprint density at radius 1 is 0.793 bits per heavy atom. The van der Waals surface area contributed by atoms with Crippen molar-refractivity contribution in [2.75, 3.05) is 6.61 Å². The van der Waals surface area contributed by atoms with Gasteiger partial charge in [-0.05, 0) is 48.2 Å². The van der Waals surface area contributed by atoms with Crippen LogP contribution in [-0.2, 0) is 4.79 Å². The molecule has 29 heavy (non-hydrogen) atoms. The number of nitro groups is 1. The Balaban J connectivity index is 1.57. The molecule has 0 aromatic heterocycles. The Hall–Kier alpha value is -2.89. The molecule has 0 aliphatic carbocycles. The first kappa shape index (κ1) is 22.4. The van der Waals surface area contributed by atoms with Crippen LogP contribution in [-0.4, -0.2) is 22.6 Å². The molecule has 2 aromatic rings. The second-order valence-corrected chi connectivity index (χ2v) is 7.15. The third kappa shape index (κ3) is 8.77. The van der Waals surface area contributed by atoms with Gasteiger partial charge in [0.1, 0.15) is 5.75 Å². The number of non-ortho nitro benzene ring substituents is 1. The third-order valence-electron chi connectivity index (χ3n) is 4.82. The molecule has 0 spiro atoms. The molecule has 0 aliphatic heterocycles. The average molecular weight is 399 g/mol. The highest BCUT2D eigenvalue weighted by atomic mass is 16.6. The van der Waals surface area contributed by atoms with E-state index in [1.165, 1.54) is 31.4 Å². The first-order chi connectivity index (χ1) is 14.1. The molecule has 6 heteroatoms. The molecular weight excluding hydrogens is 370 g/mol. The van der Waals surface area contributed by atoms with Crippen LogP contribution in [0.15, 0.2) is 48.5 Å². The van der Waals surface area contributed by atoms with E-state index in [-0.39, 0.29) is 12.1 Å². The van der Waals surface area contributed by atoms with Crippen LogP contribution in [0, 0.1) is 10.1 Å². The molecule has 2 rings (SSSR count). The second-order valence-electron chi connectivity index (χ2n) is 7.15. The van der Waals surface area contributed by atoms with Crippen molar-refractivity contribution in [1.29, 1.82) is 0 Å². The SMILES string of the molecule is O=C(O)CCCCCCCCCCOc1ccc(-c2ccc([N+](=O)[O-])cc2)cc1. The van der Waals surface area contributed by atoms with Crippen molar-refractivity contribution in [3.05, 3.63) is 58.6 Å². The lowest BCUT2D eigenvalue weighted by atomic mass is 10.1. The summed E-state index contributed by atoms with van der Waals surface area (Å²) in [5.74, 6) is 0.125. The van der Waals surface area contributed by atoms with Gasteiger partial charge < -0.3 is 9.84 Å². The van der Waals surface area contributed by atoms with Gasteiger partial charge in [0.15, 0.2) is 0 Å². The lowest BCUT2D eigenvalue weighted by molar-refractivity contribution is -0.384. The Kier molecular flexibility index (Phi) is 9.69. The van der Waals surface area contributed by atoms with Crippen LogP contribution in [0.2, 0.25) is 0 Å². The van der Waals surface area contributed by atoms with Crippen LogP contribution < -0.4 is 4.74 Å². The first-order valence-corrected chi connectivity index (χ1v) is 10.3. The third-order valence-corrected chi connectivity index (χ3v) is 4.82. The number of hydrogen-bond acceptors (Lipinski definition) is 4. The van der Waals surface area contributed by atoms with Gasteiger partial charge in [-0.2, -0.15) is 0 Å². The van der Waals surface area contributed by atoms with Crippen molar-refractivity contribution >= 4 is 11.7 Å². The summed E-state index contributed by atoms with van der Waals surface area (Å²) >= 11 is 0. The summed E-state index contributed by atoms with van der Waals surface area (Å²) in [6.07, 6.45) is 8.89. The monoisotopic (exact) mass is 399 g/mol. The minimum absolute atomic E-state index is 0.0897. The first-order valence-electron chi connectivity index (χ1n) is 10.3. The van der Waals surface area contributed by atoms with E-state index in [1.54, 1.807) is 12.1 Å². The maximum atomic E-state index is 10.7. The zero-order valence-electron chi connectivity index (χ0n) is 16.7. The summed E-state index contributed by atoms with van der Waals surface area (Å²) < 4.78 is 5.78. The van der Waals surface area contributed by atoms with Gasteiger partial charge in [0, 0.05) is 18.6 Å². The molecule has 0 fully saturated rings. The highest BCUT2D eigenvalue weighted by molar-refractivity contribution is 5.66. The molecule has 0 aliphatic rings. The van der Waals surface area contributed by atoms with Crippen molar-refractivity contribution < 1.29 is 19.6 Å². The summed E-state index contributed by atoms with van der Waals surface area (Å²) in [6.45, 7) is 0.690. The molecule has 0 bridgehead atoms. The molecule has 2 aromatic carbocycles. The molecule has 0 heterocycles.